The highest BCUT2D eigenvalue weighted by Crippen LogP contribution is 2.26. The number of phenols is 1. The quantitative estimate of drug-likeness (QED) is 0.734. The van der Waals surface area contributed by atoms with Crippen molar-refractivity contribution in [2.24, 2.45) is 5.92 Å². The van der Waals surface area contributed by atoms with Crippen LogP contribution in [0.5, 0.6) is 11.5 Å². The van der Waals surface area contributed by atoms with Crippen molar-refractivity contribution in [3.8, 4) is 11.5 Å². The molecule has 0 radical (unpaired) electrons. The zero-order valence-corrected chi connectivity index (χ0v) is 12.3. The molecule has 1 aromatic carbocycles. The van der Waals surface area contributed by atoms with Crippen molar-refractivity contribution in [1.82, 2.24) is 10.2 Å². The number of benzene rings is 1. The Bertz CT molecular complexity index is 518. The molecule has 3 N–H and O–H groups in total. The summed E-state index contributed by atoms with van der Waals surface area (Å²) < 4.78 is 4.93. The second-order valence-corrected chi connectivity index (χ2v) is 4.78. The van der Waals surface area contributed by atoms with Gasteiger partial charge in [0.05, 0.1) is 13.0 Å². The molecule has 2 amide bonds. The molecule has 0 bridgehead atoms. The molecule has 21 heavy (non-hydrogen) atoms. The number of rotatable bonds is 6. The molecule has 0 aliphatic carbocycles. The van der Waals surface area contributed by atoms with Crippen LogP contribution in [0.4, 0.5) is 4.79 Å². The lowest BCUT2D eigenvalue weighted by Crippen LogP contribution is -2.40. The molecular weight excluding hydrogens is 276 g/mol. The van der Waals surface area contributed by atoms with E-state index in [0.29, 0.717) is 11.3 Å². The molecule has 1 rings (SSSR count). The number of carboxylic acids is 1. The summed E-state index contributed by atoms with van der Waals surface area (Å²) in [4.78, 5) is 23.9. The maximum atomic E-state index is 11.8. The second-order valence-electron chi connectivity index (χ2n) is 4.78. The molecule has 0 saturated carbocycles. The second kappa shape index (κ2) is 7.37. The average Bonchev–Trinajstić information content (AvgIpc) is 2.44. The van der Waals surface area contributed by atoms with Crippen molar-refractivity contribution in [3.63, 3.8) is 0 Å². The highest BCUT2D eigenvalue weighted by Gasteiger charge is 2.17. The highest BCUT2D eigenvalue weighted by atomic mass is 16.5. The molecule has 0 fully saturated rings. The van der Waals surface area contributed by atoms with Crippen molar-refractivity contribution >= 4 is 12.0 Å². The van der Waals surface area contributed by atoms with Crippen LogP contribution in [0.25, 0.3) is 0 Å². The number of aromatic hydroxyl groups is 1. The van der Waals surface area contributed by atoms with Crippen LogP contribution in [0.3, 0.4) is 0 Å². The number of nitrogens with zero attached hydrogens (tertiary/aromatic N) is 1. The lowest BCUT2D eigenvalue weighted by atomic mass is 10.2. The number of carboxylic acid groups (broad SMARTS) is 1. The van der Waals surface area contributed by atoms with Crippen molar-refractivity contribution in [1.29, 1.82) is 0 Å². The van der Waals surface area contributed by atoms with E-state index in [9.17, 15) is 14.7 Å². The zero-order valence-electron chi connectivity index (χ0n) is 12.3. The van der Waals surface area contributed by atoms with E-state index in [2.05, 4.69) is 5.32 Å². The number of urea groups is 1. The van der Waals surface area contributed by atoms with Gasteiger partial charge in [-0.15, -0.1) is 0 Å². The minimum atomic E-state index is -0.949. The lowest BCUT2D eigenvalue weighted by molar-refractivity contribution is -0.141. The molecule has 0 spiro atoms. The standard InChI is InChI=1S/C14H20N2O5/c1-9(13(18)19)8-16(2)14(20)15-7-10-4-5-12(21-3)11(17)6-10/h4-6,9,17H,7-8H2,1-3H3,(H,15,20)(H,18,19). The smallest absolute Gasteiger partial charge is 0.317 e. The van der Waals surface area contributed by atoms with Crippen LogP contribution in [-0.2, 0) is 11.3 Å². The molecular formula is C14H20N2O5. The van der Waals surface area contributed by atoms with E-state index in [4.69, 9.17) is 9.84 Å². The van der Waals surface area contributed by atoms with E-state index < -0.39 is 11.9 Å². The number of carbonyl (C=O) groups excluding carboxylic acids is 1. The van der Waals surface area contributed by atoms with Gasteiger partial charge in [0.2, 0.25) is 0 Å². The van der Waals surface area contributed by atoms with Gasteiger partial charge in [-0.1, -0.05) is 13.0 Å². The fourth-order valence-corrected chi connectivity index (χ4v) is 1.73. The number of ether oxygens (including phenoxy) is 1. The zero-order chi connectivity index (χ0) is 16.0. The molecule has 0 aromatic heterocycles. The van der Waals surface area contributed by atoms with Gasteiger partial charge >= 0.3 is 12.0 Å². The summed E-state index contributed by atoms with van der Waals surface area (Å²) in [5, 5.41) is 21.1. The minimum absolute atomic E-state index is 0.00268. The van der Waals surface area contributed by atoms with Gasteiger partial charge in [0.25, 0.3) is 0 Å². The van der Waals surface area contributed by atoms with Crippen molar-refractivity contribution in [3.05, 3.63) is 23.8 Å². The normalized spacial score (nSPS) is 11.6. The van der Waals surface area contributed by atoms with Gasteiger partial charge in [-0.3, -0.25) is 4.79 Å². The molecule has 116 valence electrons. The van der Waals surface area contributed by atoms with E-state index in [1.54, 1.807) is 12.1 Å². The average molecular weight is 296 g/mol. The molecule has 0 aliphatic heterocycles. The van der Waals surface area contributed by atoms with Gasteiger partial charge in [-0.05, 0) is 17.7 Å². The van der Waals surface area contributed by atoms with Crippen molar-refractivity contribution in [2.45, 2.75) is 13.5 Å². The number of phenolic OH excluding ortho intramolecular Hbond substituents is 1. The first-order valence-electron chi connectivity index (χ1n) is 6.42. The van der Waals surface area contributed by atoms with E-state index in [0.717, 1.165) is 0 Å². The molecule has 0 aliphatic rings. The van der Waals surface area contributed by atoms with E-state index >= 15 is 0 Å². The third kappa shape index (κ3) is 4.87. The number of methoxy groups -OCH3 is 1. The Balaban J connectivity index is 2.52. The van der Waals surface area contributed by atoms with Gasteiger partial charge in [0.15, 0.2) is 11.5 Å². The van der Waals surface area contributed by atoms with Crippen LogP contribution < -0.4 is 10.1 Å². The Labute approximate surface area is 123 Å². The first-order chi connectivity index (χ1) is 9.85. The first kappa shape index (κ1) is 16.6. The molecule has 7 heteroatoms. The van der Waals surface area contributed by atoms with Crippen LogP contribution >= 0.6 is 0 Å². The fraction of sp³-hybridized carbons (Fsp3) is 0.429. The number of hydrogen-bond donors (Lipinski definition) is 3. The Kier molecular flexibility index (Phi) is 5.83. The summed E-state index contributed by atoms with van der Waals surface area (Å²) in [6.45, 7) is 1.88. The monoisotopic (exact) mass is 296 g/mol. The summed E-state index contributed by atoms with van der Waals surface area (Å²) in [6, 6.07) is 4.45. The fourth-order valence-electron chi connectivity index (χ4n) is 1.73. The van der Waals surface area contributed by atoms with Crippen LogP contribution in [-0.4, -0.2) is 47.8 Å². The third-order valence-corrected chi connectivity index (χ3v) is 3.00. The summed E-state index contributed by atoms with van der Waals surface area (Å²) >= 11 is 0. The van der Waals surface area contributed by atoms with Crippen LogP contribution in [0.15, 0.2) is 18.2 Å². The predicted molar refractivity (Wildman–Crippen MR) is 76.3 cm³/mol. The van der Waals surface area contributed by atoms with Gasteiger partial charge in [-0.25, -0.2) is 4.79 Å². The van der Waals surface area contributed by atoms with Gasteiger partial charge < -0.3 is 25.2 Å². The molecule has 0 heterocycles. The van der Waals surface area contributed by atoms with Crippen LogP contribution in [0.1, 0.15) is 12.5 Å². The van der Waals surface area contributed by atoms with E-state index in [1.807, 2.05) is 0 Å². The Morgan fingerprint density at radius 2 is 2.10 bits per heavy atom. The highest BCUT2D eigenvalue weighted by molar-refractivity contribution is 5.75. The summed E-state index contributed by atoms with van der Waals surface area (Å²) in [6.07, 6.45) is 0. The molecule has 0 saturated heterocycles. The van der Waals surface area contributed by atoms with Crippen LogP contribution in [0.2, 0.25) is 0 Å². The van der Waals surface area contributed by atoms with E-state index in [-0.39, 0.29) is 24.9 Å². The van der Waals surface area contributed by atoms with Crippen LogP contribution in [0, 0.1) is 5.92 Å². The largest absolute Gasteiger partial charge is 0.504 e. The predicted octanol–water partition coefficient (Wildman–Crippen LogP) is 1.26. The topological polar surface area (TPSA) is 99.1 Å². The van der Waals surface area contributed by atoms with Crippen molar-refractivity contribution in [2.75, 3.05) is 20.7 Å². The third-order valence-electron chi connectivity index (χ3n) is 3.00. The van der Waals surface area contributed by atoms with Gasteiger partial charge in [0, 0.05) is 20.1 Å². The minimum Gasteiger partial charge on any atom is -0.504 e. The maximum absolute atomic E-state index is 11.8. The SMILES string of the molecule is COc1ccc(CNC(=O)N(C)CC(C)C(=O)O)cc1O. The van der Waals surface area contributed by atoms with Crippen molar-refractivity contribution < 1.29 is 24.5 Å². The summed E-state index contributed by atoms with van der Waals surface area (Å²) in [7, 11) is 2.98. The summed E-state index contributed by atoms with van der Waals surface area (Å²) in [5.41, 5.74) is 0.710. The Morgan fingerprint density at radius 3 is 2.62 bits per heavy atom. The molecule has 1 unspecified atom stereocenters. The van der Waals surface area contributed by atoms with Gasteiger partial charge in [-0.2, -0.15) is 0 Å². The number of hydrogen-bond acceptors (Lipinski definition) is 4. The number of carbonyl (C=O) groups is 2. The maximum Gasteiger partial charge on any atom is 0.317 e. The Hall–Kier alpha value is -2.44. The summed E-state index contributed by atoms with van der Waals surface area (Å²) in [5.74, 6) is -1.23. The molecule has 1 atom stereocenters. The number of aliphatic carboxylic acids is 1. The Morgan fingerprint density at radius 1 is 1.43 bits per heavy atom. The first-order valence-corrected chi connectivity index (χ1v) is 6.42. The van der Waals surface area contributed by atoms with Gasteiger partial charge in [0.1, 0.15) is 0 Å². The number of nitrogens with one attached hydrogen (secondary N) is 1. The van der Waals surface area contributed by atoms with E-state index in [1.165, 1.54) is 32.0 Å². The molecule has 7 nitrogen and oxygen atoms in total. The lowest BCUT2D eigenvalue weighted by Gasteiger charge is -2.20. The number of amides is 2. The molecule has 1 aromatic rings.